The Morgan fingerprint density at radius 2 is 1.40 bits per heavy atom. The quantitative estimate of drug-likeness (QED) is 0.123. The van der Waals surface area contributed by atoms with E-state index >= 15 is 0 Å². The van der Waals surface area contributed by atoms with E-state index in [-0.39, 0.29) is 20.1 Å². The molecule has 0 N–H and O–H groups in total. The predicted molar refractivity (Wildman–Crippen MR) is 250 cm³/mol. The van der Waals surface area contributed by atoms with Crippen molar-refractivity contribution in [3.63, 3.8) is 0 Å². The van der Waals surface area contributed by atoms with E-state index in [1.54, 1.807) is 0 Å². The van der Waals surface area contributed by atoms with Crippen LogP contribution in [0.5, 0.6) is 0 Å². The van der Waals surface area contributed by atoms with Gasteiger partial charge in [0.2, 0.25) is 0 Å². The summed E-state index contributed by atoms with van der Waals surface area (Å²) in [5.74, 6) is 8.14. The summed E-state index contributed by atoms with van der Waals surface area (Å²) in [6, 6.07) is 61.2. The molecule has 0 unspecified atom stereocenters. The topological polar surface area (TPSA) is 43.9 Å². The van der Waals surface area contributed by atoms with Crippen molar-refractivity contribution in [1.82, 2.24) is 14.5 Å². The average molecular weight is 1020 g/mol. The zero-order valence-electron chi connectivity index (χ0n) is 34.9. The van der Waals surface area contributed by atoms with Gasteiger partial charge in [-0.2, -0.15) is 0 Å². The van der Waals surface area contributed by atoms with Crippen molar-refractivity contribution in [1.29, 1.82) is 0 Å². The van der Waals surface area contributed by atoms with Crippen molar-refractivity contribution >= 4 is 61.4 Å². The number of aromatic nitrogens is 3. The minimum absolute atomic E-state index is 0. The van der Waals surface area contributed by atoms with E-state index in [0.717, 1.165) is 84.2 Å². The Hall–Kier alpha value is -5.59. The number of benzene rings is 7. The Balaban J connectivity index is 0.000000194. The third-order valence-corrected chi connectivity index (χ3v) is 15.2. The van der Waals surface area contributed by atoms with Crippen LogP contribution in [0.3, 0.4) is 0 Å². The van der Waals surface area contributed by atoms with Gasteiger partial charge < -0.3 is 8.98 Å². The zero-order chi connectivity index (χ0) is 40.7. The van der Waals surface area contributed by atoms with Gasteiger partial charge in [-0.3, -0.25) is 4.98 Å². The van der Waals surface area contributed by atoms with Crippen LogP contribution in [0.15, 0.2) is 168 Å². The van der Waals surface area contributed by atoms with E-state index in [4.69, 9.17) is 14.4 Å². The fraction of sp³-hybridized carbons (Fsp3) is 0.148. The normalized spacial score (nSPS) is 11.8. The second kappa shape index (κ2) is 16.8. The summed E-state index contributed by atoms with van der Waals surface area (Å²) in [5, 5.41) is 4.50. The Labute approximate surface area is 369 Å². The number of furan rings is 1. The molecule has 0 amide bonds. The summed E-state index contributed by atoms with van der Waals surface area (Å²) in [4.78, 5) is 9.91. The van der Waals surface area contributed by atoms with Crippen molar-refractivity contribution < 1.29 is 24.5 Å². The fourth-order valence-electron chi connectivity index (χ4n) is 8.21. The van der Waals surface area contributed by atoms with Crippen molar-refractivity contribution in [2.24, 2.45) is 5.41 Å². The Kier molecular flexibility index (Phi) is 11.5. The van der Waals surface area contributed by atoms with Gasteiger partial charge in [-0.05, 0) is 29.1 Å². The van der Waals surface area contributed by atoms with Gasteiger partial charge in [-0.25, -0.2) is 0 Å². The molecule has 0 saturated heterocycles. The molecule has 3 heterocycles. The standard InChI is InChI=1S/C35H21N2O.C19H26GeN.Ir/c1-2-11-23(12-3-1)26-22-21-24-13-4-5-14-25(24)33(26)37-31-19-8-7-18-30(31)36-35(37)29-17-10-16-28-27-15-6-9-20-32(27)38-34(28)29;1-19(2,3)13-16-12-18(15-10-8-7-9-11-15)21-14-17(16)20(4,5)6;/h1-16,18-22H;7-10,12,14H,13H2,1-6H3;/q2*-1;. The third-order valence-electron chi connectivity index (χ3n) is 10.8. The van der Waals surface area contributed by atoms with E-state index in [1.807, 2.05) is 48.5 Å². The van der Waals surface area contributed by atoms with E-state index in [9.17, 15) is 0 Å². The minimum atomic E-state index is -1.90. The minimum Gasteiger partial charge on any atom is -0.501 e. The SMILES string of the molecule is CC(C)(C)Cc1cc(-c2[c-]cccc2)nc[c]1[Ge]([CH3])([CH3])[CH3].[Ir].[c-]1ccc2c(oc3ccccc32)c1-c1nc2ccccc2n1-c1c(-c2ccccc2)ccc2ccccc12. The monoisotopic (exact) mass is 1020 g/mol. The zero-order valence-corrected chi connectivity index (χ0v) is 39.4. The first-order chi connectivity index (χ1) is 28.5. The van der Waals surface area contributed by atoms with Gasteiger partial charge in [0.15, 0.2) is 0 Å². The summed E-state index contributed by atoms with van der Waals surface area (Å²) >= 11 is -1.90. The van der Waals surface area contributed by atoms with Crippen LogP contribution >= 0.6 is 0 Å². The van der Waals surface area contributed by atoms with Crippen LogP contribution in [-0.4, -0.2) is 27.8 Å². The van der Waals surface area contributed by atoms with Crippen LogP contribution in [0, 0.1) is 17.5 Å². The molecule has 0 aliphatic rings. The summed E-state index contributed by atoms with van der Waals surface area (Å²) in [5.41, 5.74) is 11.8. The number of pyridine rings is 1. The number of fused-ring (bicyclic) bond motifs is 5. The molecule has 6 heteroatoms. The first-order valence-corrected chi connectivity index (χ1v) is 27.7. The molecule has 3 aromatic heterocycles. The molecule has 0 atom stereocenters. The fourth-order valence-corrected chi connectivity index (χ4v) is 11.5. The molecule has 299 valence electrons. The molecule has 7 aromatic carbocycles. The van der Waals surface area contributed by atoms with Gasteiger partial charge in [0.05, 0.1) is 28.1 Å². The van der Waals surface area contributed by atoms with Gasteiger partial charge >= 0.3 is 132 Å². The van der Waals surface area contributed by atoms with Crippen molar-refractivity contribution in [3.8, 4) is 39.5 Å². The molecule has 10 aromatic rings. The molecule has 1 radical (unpaired) electrons. The Morgan fingerprint density at radius 3 is 2.17 bits per heavy atom. The largest absolute Gasteiger partial charge is 0.501 e. The summed E-state index contributed by atoms with van der Waals surface area (Å²) in [7, 11) is 0. The molecule has 0 saturated carbocycles. The van der Waals surface area contributed by atoms with Crippen molar-refractivity contribution in [2.75, 3.05) is 0 Å². The number of rotatable bonds is 6. The van der Waals surface area contributed by atoms with Crippen LogP contribution in [0.4, 0.5) is 0 Å². The number of imidazole rings is 1. The number of para-hydroxylation sites is 3. The van der Waals surface area contributed by atoms with E-state index < -0.39 is 13.3 Å². The Bertz CT molecular complexity index is 3100. The molecule has 4 nitrogen and oxygen atoms in total. The number of hydrogen-bond donors (Lipinski definition) is 0. The van der Waals surface area contributed by atoms with Crippen molar-refractivity contribution in [2.45, 2.75) is 44.5 Å². The maximum absolute atomic E-state index is 6.44. The average Bonchev–Trinajstić information content (AvgIpc) is 3.82. The second-order valence-electron chi connectivity index (χ2n) is 17.5. The van der Waals surface area contributed by atoms with E-state index in [2.05, 4.69) is 170 Å². The van der Waals surface area contributed by atoms with E-state index in [1.165, 1.54) is 15.3 Å². The van der Waals surface area contributed by atoms with Crippen LogP contribution < -0.4 is 4.40 Å². The summed E-state index contributed by atoms with van der Waals surface area (Å²) in [6.45, 7) is 6.92. The van der Waals surface area contributed by atoms with Gasteiger partial charge in [0.1, 0.15) is 5.58 Å². The molecular formula is C54H47GeIrN3O-2. The maximum atomic E-state index is 6.44. The predicted octanol–water partition coefficient (Wildman–Crippen LogP) is 13.9. The van der Waals surface area contributed by atoms with Crippen LogP contribution in [0.1, 0.15) is 26.3 Å². The molecule has 10 rings (SSSR count). The molecule has 0 fully saturated rings. The van der Waals surface area contributed by atoms with Crippen molar-refractivity contribution in [3.05, 3.63) is 182 Å². The number of nitrogens with zero attached hydrogens (tertiary/aromatic N) is 3. The first kappa shape index (κ1) is 41.2. The smallest absolute Gasteiger partial charge is 0.120 e. The van der Waals surface area contributed by atoms with Crippen LogP contribution in [0.2, 0.25) is 17.3 Å². The molecule has 0 bridgehead atoms. The summed E-state index contributed by atoms with van der Waals surface area (Å²) in [6.07, 6.45) is 3.24. The van der Waals surface area contributed by atoms with Gasteiger partial charge in [-0.15, -0.1) is 18.2 Å². The van der Waals surface area contributed by atoms with Crippen LogP contribution in [0.25, 0.3) is 83.2 Å². The molecule has 0 spiro atoms. The molecule has 0 aliphatic carbocycles. The van der Waals surface area contributed by atoms with Gasteiger partial charge in [0, 0.05) is 36.4 Å². The second-order valence-corrected chi connectivity index (χ2v) is 28.1. The summed E-state index contributed by atoms with van der Waals surface area (Å²) < 4.78 is 10.3. The molecule has 0 aliphatic heterocycles. The maximum Gasteiger partial charge on any atom is 0.120 e. The molecule has 60 heavy (non-hydrogen) atoms. The Morgan fingerprint density at radius 1 is 0.683 bits per heavy atom. The first-order valence-electron chi connectivity index (χ1n) is 20.4. The third kappa shape index (κ3) is 8.15. The van der Waals surface area contributed by atoms with Gasteiger partial charge in [0.25, 0.3) is 0 Å². The van der Waals surface area contributed by atoms with Gasteiger partial charge in [-0.1, -0.05) is 108 Å². The molecular weight excluding hydrogens is 971 g/mol. The number of hydrogen-bond acceptors (Lipinski definition) is 3. The van der Waals surface area contributed by atoms with E-state index in [0.29, 0.717) is 5.41 Å². The van der Waals surface area contributed by atoms with Crippen LogP contribution in [-0.2, 0) is 26.5 Å².